The monoisotopic (exact) mass is 286 g/mol. The summed E-state index contributed by atoms with van der Waals surface area (Å²) in [5, 5.41) is 3.45. The first-order chi connectivity index (χ1) is 10.3. The van der Waals surface area contributed by atoms with Crippen molar-refractivity contribution < 1.29 is 0 Å². The molecule has 2 fully saturated rings. The molecule has 2 aliphatic rings. The Hall–Kier alpha value is -1.66. The number of anilines is 1. The number of imidazole rings is 1. The van der Waals surface area contributed by atoms with E-state index in [1.54, 1.807) is 0 Å². The summed E-state index contributed by atoms with van der Waals surface area (Å²) in [4.78, 5) is 15.1. The van der Waals surface area contributed by atoms with Gasteiger partial charge in [0.05, 0.1) is 11.6 Å². The molecule has 2 aromatic rings. The fraction of sp³-hybridized carbons (Fsp3) is 0.600. The highest BCUT2D eigenvalue weighted by molar-refractivity contribution is 5.72. The number of nitrogen functional groups attached to an aromatic ring is 1. The first kappa shape index (κ1) is 13.0. The Morgan fingerprint density at radius 1 is 1.14 bits per heavy atom. The van der Waals surface area contributed by atoms with E-state index in [2.05, 4.69) is 20.2 Å². The summed E-state index contributed by atoms with van der Waals surface area (Å²) in [5.74, 6) is 1.58. The van der Waals surface area contributed by atoms with Crippen molar-refractivity contribution in [2.45, 2.75) is 37.8 Å². The van der Waals surface area contributed by atoms with Gasteiger partial charge in [-0.25, -0.2) is 9.97 Å². The third-order valence-corrected chi connectivity index (χ3v) is 4.77. The molecule has 4 heterocycles. The second-order valence-corrected chi connectivity index (χ2v) is 6.11. The van der Waals surface area contributed by atoms with Gasteiger partial charge in [-0.3, -0.25) is 4.90 Å². The van der Waals surface area contributed by atoms with Gasteiger partial charge in [0.15, 0.2) is 5.65 Å². The molecule has 0 aliphatic carbocycles. The van der Waals surface area contributed by atoms with Crippen molar-refractivity contribution in [2.24, 2.45) is 0 Å². The summed E-state index contributed by atoms with van der Waals surface area (Å²) in [6, 6.07) is 4.88. The molecule has 1 unspecified atom stereocenters. The van der Waals surface area contributed by atoms with Crippen molar-refractivity contribution in [3.63, 3.8) is 0 Å². The minimum atomic E-state index is 0.406. The average molecular weight is 286 g/mol. The van der Waals surface area contributed by atoms with Gasteiger partial charge in [-0.15, -0.1) is 0 Å². The summed E-state index contributed by atoms with van der Waals surface area (Å²) in [5.41, 5.74) is 7.47. The minimum Gasteiger partial charge on any atom is -0.384 e. The first-order valence-electron chi connectivity index (χ1n) is 7.90. The maximum Gasteiger partial charge on any atom is 0.179 e. The van der Waals surface area contributed by atoms with E-state index in [9.17, 15) is 0 Å². The molecule has 0 radical (unpaired) electrons. The predicted octanol–water partition coefficient (Wildman–Crippen LogP) is 1.43. The number of nitrogens with zero attached hydrogens (tertiary/aromatic N) is 3. The van der Waals surface area contributed by atoms with Crippen LogP contribution in [0.2, 0.25) is 0 Å². The number of aromatic nitrogens is 3. The number of H-pyrrole nitrogens is 1. The maximum atomic E-state index is 5.75. The Labute approximate surface area is 124 Å². The van der Waals surface area contributed by atoms with Crippen molar-refractivity contribution >= 4 is 17.0 Å². The summed E-state index contributed by atoms with van der Waals surface area (Å²) in [7, 11) is 0. The van der Waals surface area contributed by atoms with Crippen LogP contribution in [-0.2, 0) is 0 Å². The van der Waals surface area contributed by atoms with Crippen LogP contribution >= 0.6 is 0 Å². The summed E-state index contributed by atoms with van der Waals surface area (Å²) >= 11 is 0. The molecule has 21 heavy (non-hydrogen) atoms. The second kappa shape index (κ2) is 5.27. The van der Waals surface area contributed by atoms with Crippen molar-refractivity contribution in [3.8, 4) is 0 Å². The van der Waals surface area contributed by atoms with Crippen molar-refractivity contribution in [1.82, 2.24) is 25.2 Å². The SMILES string of the molecule is Nc1ccc2[nH]c(C3CCCN3C3CCNCC3)nc2n1. The lowest BCUT2D eigenvalue weighted by Gasteiger charge is -2.35. The highest BCUT2D eigenvalue weighted by Gasteiger charge is 2.34. The van der Waals surface area contributed by atoms with Crippen LogP contribution in [0.5, 0.6) is 0 Å². The predicted molar refractivity (Wildman–Crippen MR) is 82.9 cm³/mol. The van der Waals surface area contributed by atoms with E-state index < -0.39 is 0 Å². The van der Waals surface area contributed by atoms with E-state index in [0.717, 1.165) is 30.1 Å². The van der Waals surface area contributed by atoms with E-state index in [4.69, 9.17) is 10.7 Å². The Morgan fingerprint density at radius 2 is 2.00 bits per heavy atom. The maximum absolute atomic E-state index is 5.75. The van der Waals surface area contributed by atoms with Gasteiger partial charge < -0.3 is 16.0 Å². The molecule has 0 aromatic carbocycles. The van der Waals surface area contributed by atoms with Gasteiger partial charge in [-0.05, 0) is 57.5 Å². The molecule has 0 saturated carbocycles. The number of nitrogens with two attached hydrogens (primary N) is 1. The van der Waals surface area contributed by atoms with Crippen LogP contribution in [0.3, 0.4) is 0 Å². The number of hydrogen-bond donors (Lipinski definition) is 3. The Bertz CT molecular complexity index is 630. The van der Waals surface area contributed by atoms with E-state index in [1.165, 1.54) is 32.2 Å². The van der Waals surface area contributed by atoms with Crippen LogP contribution in [-0.4, -0.2) is 45.5 Å². The number of fused-ring (bicyclic) bond motifs is 1. The fourth-order valence-electron chi connectivity index (χ4n) is 3.74. The number of hydrogen-bond acceptors (Lipinski definition) is 5. The molecule has 0 amide bonds. The molecular weight excluding hydrogens is 264 g/mol. The van der Waals surface area contributed by atoms with E-state index in [1.807, 2.05) is 12.1 Å². The van der Waals surface area contributed by atoms with Crippen LogP contribution in [0.25, 0.3) is 11.2 Å². The van der Waals surface area contributed by atoms with Gasteiger partial charge >= 0.3 is 0 Å². The summed E-state index contributed by atoms with van der Waals surface area (Å²) in [6.07, 6.45) is 4.91. The molecule has 2 aromatic heterocycles. The van der Waals surface area contributed by atoms with Gasteiger partial charge in [0, 0.05) is 6.04 Å². The molecule has 0 bridgehead atoms. The Morgan fingerprint density at radius 3 is 2.86 bits per heavy atom. The van der Waals surface area contributed by atoms with Crippen molar-refractivity contribution in [3.05, 3.63) is 18.0 Å². The van der Waals surface area contributed by atoms with Crippen LogP contribution in [0.15, 0.2) is 12.1 Å². The number of aromatic amines is 1. The van der Waals surface area contributed by atoms with Gasteiger partial charge in [-0.2, -0.15) is 0 Å². The van der Waals surface area contributed by atoms with E-state index in [0.29, 0.717) is 17.9 Å². The van der Waals surface area contributed by atoms with Crippen LogP contribution in [0.4, 0.5) is 5.82 Å². The number of rotatable bonds is 2. The number of piperidine rings is 1. The lowest BCUT2D eigenvalue weighted by Crippen LogP contribution is -2.42. The lowest BCUT2D eigenvalue weighted by atomic mass is 10.0. The molecule has 4 rings (SSSR count). The van der Waals surface area contributed by atoms with Crippen LogP contribution in [0.1, 0.15) is 37.5 Å². The quantitative estimate of drug-likeness (QED) is 0.778. The molecule has 1 atom stereocenters. The van der Waals surface area contributed by atoms with Crippen molar-refractivity contribution in [1.29, 1.82) is 0 Å². The van der Waals surface area contributed by atoms with E-state index in [-0.39, 0.29) is 0 Å². The van der Waals surface area contributed by atoms with Gasteiger partial charge in [0.1, 0.15) is 11.6 Å². The molecule has 0 spiro atoms. The normalized spacial score (nSPS) is 24.9. The third-order valence-electron chi connectivity index (χ3n) is 4.77. The zero-order valence-electron chi connectivity index (χ0n) is 12.2. The van der Waals surface area contributed by atoms with Gasteiger partial charge in [-0.1, -0.05) is 0 Å². The summed E-state index contributed by atoms with van der Waals surface area (Å²) < 4.78 is 0. The van der Waals surface area contributed by atoms with Crippen LogP contribution in [0, 0.1) is 0 Å². The number of nitrogens with one attached hydrogen (secondary N) is 2. The highest BCUT2D eigenvalue weighted by Crippen LogP contribution is 2.34. The minimum absolute atomic E-state index is 0.406. The third kappa shape index (κ3) is 2.38. The van der Waals surface area contributed by atoms with Crippen LogP contribution < -0.4 is 11.1 Å². The molecule has 4 N–H and O–H groups in total. The zero-order valence-corrected chi connectivity index (χ0v) is 12.2. The zero-order chi connectivity index (χ0) is 14.2. The fourth-order valence-corrected chi connectivity index (χ4v) is 3.74. The first-order valence-corrected chi connectivity index (χ1v) is 7.90. The number of likely N-dealkylation sites (tertiary alicyclic amines) is 1. The Kier molecular flexibility index (Phi) is 3.27. The number of pyridine rings is 1. The summed E-state index contributed by atoms with van der Waals surface area (Å²) in [6.45, 7) is 3.44. The molecule has 2 saturated heterocycles. The molecular formula is C15H22N6. The molecule has 112 valence electrons. The lowest BCUT2D eigenvalue weighted by molar-refractivity contribution is 0.144. The van der Waals surface area contributed by atoms with Crippen molar-refractivity contribution in [2.75, 3.05) is 25.4 Å². The van der Waals surface area contributed by atoms with Gasteiger partial charge in [0.25, 0.3) is 0 Å². The molecule has 2 aliphatic heterocycles. The van der Waals surface area contributed by atoms with E-state index >= 15 is 0 Å². The molecule has 6 nitrogen and oxygen atoms in total. The largest absolute Gasteiger partial charge is 0.384 e. The standard InChI is InChI=1S/C15H22N6/c16-13-4-3-11-14(19-13)20-15(18-11)12-2-1-9-21(12)10-5-7-17-8-6-10/h3-4,10,12,17H,1-2,5-9H2,(H3,16,18,19,20). The highest BCUT2D eigenvalue weighted by atomic mass is 15.2. The van der Waals surface area contributed by atoms with Gasteiger partial charge in [0.2, 0.25) is 0 Å². The topological polar surface area (TPSA) is 82.9 Å². The average Bonchev–Trinajstić information content (AvgIpc) is 3.13. The Balaban J connectivity index is 1.63. The molecule has 6 heteroatoms. The smallest absolute Gasteiger partial charge is 0.179 e. The second-order valence-electron chi connectivity index (χ2n) is 6.11.